The summed E-state index contributed by atoms with van der Waals surface area (Å²) in [5.74, 6) is 0.505. The molecule has 0 aliphatic carbocycles. The molecule has 2 aromatic rings. The highest BCUT2D eigenvalue weighted by molar-refractivity contribution is 7.12. The summed E-state index contributed by atoms with van der Waals surface area (Å²) in [5.41, 5.74) is 0. The molecule has 6 nitrogen and oxygen atoms in total. The molecule has 24 heavy (non-hydrogen) atoms. The first kappa shape index (κ1) is 16.7. The Bertz CT molecular complexity index is 708. The van der Waals surface area contributed by atoms with Gasteiger partial charge >= 0.3 is 0 Å². The lowest BCUT2D eigenvalue weighted by Crippen LogP contribution is -2.43. The van der Waals surface area contributed by atoms with Gasteiger partial charge < -0.3 is 10.2 Å². The monoisotopic (exact) mass is 346 g/mol. The van der Waals surface area contributed by atoms with Gasteiger partial charge in [-0.2, -0.15) is 5.10 Å². The first-order chi connectivity index (χ1) is 11.6. The van der Waals surface area contributed by atoms with Crippen molar-refractivity contribution in [2.24, 2.45) is 5.92 Å². The van der Waals surface area contributed by atoms with Gasteiger partial charge in [-0.3, -0.25) is 9.59 Å². The van der Waals surface area contributed by atoms with Crippen molar-refractivity contribution in [3.63, 3.8) is 0 Å². The van der Waals surface area contributed by atoms with E-state index in [1.807, 2.05) is 31.4 Å². The van der Waals surface area contributed by atoms with Crippen LogP contribution in [0.1, 0.15) is 42.4 Å². The number of thiophene rings is 1. The number of rotatable bonds is 4. The Hall–Kier alpha value is -2.15. The van der Waals surface area contributed by atoms with Crippen molar-refractivity contribution < 1.29 is 9.59 Å². The number of hydrogen-bond acceptors (Lipinski definition) is 4. The van der Waals surface area contributed by atoms with Crippen molar-refractivity contribution in [2.75, 3.05) is 18.4 Å². The Labute approximate surface area is 145 Å². The number of anilines is 1. The number of piperidine rings is 1. The zero-order chi connectivity index (χ0) is 17.1. The Kier molecular flexibility index (Phi) is 4.99. The highest BCUT2D eigenvalue weighted by Crippen LogP contribution is 2.22. The van der Waals surface area contributed by atoms with E-state index in [9.17, 15) is 9.59 Å². The Balaban J connectivity index is 1.65. The van der Waals surface area contributed by atoms with Crippen LogP contribution >= 0.6 is 11.3 Å². The van der Waals surface area contributed by atoms with Crippen LogP contribution in [-0.4, -0.2) is 39.6 Å². The van der Waals surface area contributed by atoms with Crippen molar-refractivity contribution >= 4 is 29.0 Å². The van der Waals surface area contributed by atoms with Crippen LogP contribution in [0.2, 0.25) is 0 Å². The maximum absolute atomic E-state index is 12.6. The second-order valence-electron chi connectivity index (χ2n) is 6.31. The molecule has 128 valence electrons. The predicted octanol–water partition coefficient (Wildman–Crippen LogP) is 3.02. The van der Waals surface area contributed by atoms with Gasteiger partial charge in [-0.1, -0.05) is 6.07 Å². The molecule has 1 saturated heterocycles. The fraction of sp³-hybridized carbons (Fsp3) is 0.471. The minimum absolute atomic E-state index is 0.0229. The van der Waals surface area contributed by atoms with Crippen molar-refractivity contribution in [2.45, 2.75) is 32.7 Å². The zero-order valence-electron chi connectivity index (χ0n) is 13.9. The van der Waals surface area contributed by atoms with Crippen LogP contribution in [0.3, 0.4) is 0 Å². The van der Waals surface area contributed by atoms with Crippen LogP contribution < -0.4 is 5.32 Å². The minimum Gasteiger partial charge on any atom is -0.337 e. The molecule has 3 rings (SSSR count). The van der Waals surface area contributed by atoms with Gasteiger partial charge in [-0.25, -0.2) is 4.68 Å². The van der Waals surface area contributed by atoms with E-state index in [0.717, 1.165) is 17.7 Å². The third kappa shape index (κ3) is 3.51. The smallest absolute Gasteiger partial charge is 0.263 e. The van der Waals surface area contributed by atoms with E-state index >= 15 is 0 Å². The van der Waals surface area contributed by atoms with E-state index in [1.54, 1.807) is 21.8 Å². The number of carbonyl (C=O) groups is 2. The lowest BCUT2D eigenvalue weighted by Gasteiger charge is -2.31. The molecule has 0 aromatic carbocycles. The van der Waals surface area contributed by atoms with Crippen LogP contribution in [-0.2, 0) is 4.79 Å². The molecule has 1 atom stereocenters. The van der Waals surface area contributed by atoms with Gasteiger partial charge in [0, 0.05) is 25.2 Å². The van der Waals surface area contributed by atoms with E-state index in [-0.39, 0.29) is 23.8 Å². The molecule has 2 aromatic heterocycles. The summed E-state index contributed by atoms with van der Waals surface area (Å²) in [4.78, 5) is 27.6. The van der Waals surface area contributed by atoms with Crippen LogP contribution in [0.15, 0.2) is 29.8 Å². The molecule has 1 unspecified atom stereocenters. The van der Waals surface area contributed by atoms with E-state index < -0.39 is 0 Å². The van der Waals surface area contributed by atoms with Crippen LogP contribution in [0.5, 0.6) is 0 Å². The zero-order valence-corrected chi connectivity index (χ0v) is 14.8. The summed E-state index contributed by atoms with van der Waals surface area (Å²) in [6.07, 6.45) is 3.33. The highest BCUT2D eigenvalue weighted by Gasteiger charge is 2.29. The number of likely N-dealkylation sites (tertiary alicyclic amines) is 1. The molecule has 2 amide bonds. The maximum Gasteiger partial charge on any atom is 0.263 e. The van der Waals surface area contributed by atoms with Gasteiger partial charge in [0.25, 0.3) is 5.91 Å². The van der Waals surface area contributed by atoms with Crippen LogP contribution in [0.4, 0.5) is 5.82 Å². The van der Waals surface area contributed by atoms with E-state index in [2.05, 4.69) is 10.4 Å². The first-order valence-electron chi connectivity index (χ1n) is 8.23. The average molecular weight is 346 g/mol. The van der Waals surface area contributed by atoms with Crippen molar-refractivity contribution in [3.05, 3.63) is 34.7 Å². The molecule has 1 fully saturated rings. The largest absolute Gasteiger partial charge is 0.337 e. The predicted molar refractivity (Wildman–Crippen MR) is 94.2 cm³/mol. The summed E-state index contributed by atoms with van der Waals surface area (Å²) >= 11 is 1.44. The second kappa shape index (κ2) is 7.17. The number of carbonyl (C=O) groups excluding carboxylic acids is 2. The third-order valence-electron chi connectivity index (χ3n) is 4.22. The molecule has 1 aliphatic heterocycles. The number of hydrogen-bond donors (Lipinski definition) is 1. The van der Waals surface area contributed by atoms with Gasteiger partial charge in [0.05, 0.1) is 17.0 Å². The van der Waals surface area contributed by atoms with Gasteiger partial charge in [0.1, 0.15) is 5.82 Å². The Morgan fingerprint density at radius 2 is 2.21 bits per heavy atom. The molecule has 0 bridgehead atoms. The minimum atomic E-state index is -0.182. The molecule has 7 heteroatoms. The topological polar surface area (TPSA) is 67.2 Å². The molecule has 1 N–H and O–H groups in total. The quantitative estimate of drug-likeness (QED) is 0.925. The summed E-state index contributed by atoms with van der Waals surface area (Å²) in [6.45, 7) is 5.22. The van der Waals surface area contributed by atoms with Crippen molar-refractivity contribution in [1.82, 2.24) is 14.7 Å². The van der Waals surface area contributed by atoms with Gasteiger partial charge in [0.2, 0.25) is 5.91 Å². The Morgan fingerprint density at radius 1 is 1.38 bits per heavy atom. The third-order valence-corrected chi connectivity index (χ3v) is 5.08. The van der Waals surface area contributed by atoms with E-state index in [4.69, 9.17) is 0 Å². The maximum atomic E-state index is 12.6. The summed E-state index contributed by atoms with van der Waals surface area (Å²) in [5, 5.41) is 9.09. The SMILES string of the molecule is CC(C)n1nccc1NC(=O)C1CCCN(C(=O)c2cccs2)C1. The van der Waals surface area contributed by atoms with Crippen molar-refractivity contribution in [3.8, 4) is 0 Å². The fourth-order valence-electron chi connectivity index (χ4n) is 2.98. The number of nitrogens with zero attached hydrogens (tertiary/aromatic N) is 3. The molecule has 3 heterocycles. The molecule has 1 aliphatic rings. The standard InChI is InChI=1S/C17H22N4O2S/c1-12(2)21-15(7-8-18-21)19-16(22)13-5-3-9-20(11-13)17(23)14-6-4-10-24-14/h4,6-8,10,12-13H,3,5,9,11H2,1-2H3,(H,19,22). The van der Waals surface area contributed by atoms with E-state index in [1.165, 1.54) is 11.3 Å². The first-order valence-corrected chi connectivity index (χ1v) is 9.11. The molecular weight excluding hydrogens is 324 g/mol. The average Bonchev–Trinajstić information content (AvgIpc) is 3.25. The summed E-state index contributed by atoms with van der Waals surface area (Å²) in [7, 11) is 0. The summed E-state index contributed by atoms with van der Waals surface area (Å²) in [6, 6.07) is 5.69. The van der Waals surface area contributed by atoms with E-state index in [0.29, 0.717) is 18.9 Å². The normalized spacial score (nSPS) is 18.0. The number of nitrogens with one attached hydrogen (secondary N) is 1. The molecule has 0 radical (unpaired) electrons. The van der Waals surface area contributed by atoms with Crippen molar-refractivity contribution in [1.29, 1.82) is 0 Å². The highest BCUT2D eigenvalue weighted by atomic mass is 32.1. The van der Waals surface area contributed by atoms with Crippen LogP contribution in [0.25, 0.3) is 0 Å². The summed E-state index contributed by atoms with van der Waals surface area (Å²) < 4.78 is 1.79. The Morgan fingerprint density at radius 3 is 2.92 bits per heavy atom. The number of amides is 2. The van der Waals surface area contributed by atoms with Gasteiger partial charge in [-0.15, -0.1) is 11.3 Å². The van der Waals surface area contributed by atoms with Gasteiger partial charge in [-0.05, 0) is 38.1 Å². The lowest BCUT2D eigenvalue weighted by atomic mass is 9.97. The molecule has 0 spiro atoms. The fourth-order valence-corrected chi connectivity index (χ4v) is 3.68. The number of aromatic nitrogens is 2. The van der Waals surface area contributed by atoms with Gasteiger partial charge in [0.15, 0.2) is 0 Å². The second-order valence-corrected chi connectivity index (χ2v) is 7.26. The lowest BCUT2D eigenvalue weighted by molar-refractivity contribution is -0.121. The molecular formula is C17H22N4O2S. The van der Waals surface area contributed by atoms with Crippen LogP contribution in [0, 0.1) is 5.92 Å². The molecule has 0 saturated carbocycles.